The van der Waals surface area contributed by atoms with Crippen LogP contribution in [0.15, 0.2) is 12.7 Å². The molecule has 0 fully saturated rings. The van der Waals surface area contributed by atoms with E-state index in [1.54, 1.807) is 0 Å². The van der Waals surface area contributed by atoms with Gasteiger partial charge in [0.05, 0.1) is 0 Å². The zero-order valence-electron chi connectivity index (χ0n) is 4.45. The molecule has 4 heteroatoms. The minimum atomic E-state index is 0. The molecule has 0 aromatic rings. The maximum Gasteiger partial charge on any atom is 2.00 e. The third-order valence-corrected chi connectivity index (χ3v) is 0. The molecule has 0 nitrogen and oxygen atoms in total. The Morgan fingerprint density at radius 2 is 1.29 bits per heavy atom. The van der Waals surface area contributed by atoms with Gasteiger partial charge in [0.15, 0.2) is 0 Å². The first-order chi connectivity index (χ1) is 1.41. The molecule has 0 saturated carbocycles. The largest absolute Gasteiger partial charge is 2.00 e. The second-order valence-electron chi connectivity index (χ2n) is 0.289. The molecule has 0 aromatic carbocycles. The normalized spacial score (nSPS) is 1.71. The van der Waals surface area contributed by atoms with Gasteiger partial charge in [-0.1, -0.05) is 0 Å². The summed E-state index contributed by atoms with van der Waals surface area (Å²) in [6.45, 7) is 6.50. The first-order valence-electron chi connectivity index (χ1n) is 0.816. The van der Waals surface area contributed by atoms with Gasteiger partial charge >= 0.3 is 38.3 Å². The van der Waals surface area contributed by atoms with E-state index in [1.165, 1.54) is 6.08 Å². The summed E-state index contributed by atoms with van der Waals surface area (Å²) in [4.78, 5) is 0. The third-order valence-electron chi connectivity index (χ3n) is 0. The number of hydrogen-bond acceptors (Lipinski definition) is 0. The van der Waals surface area contributed by atoms with Crippen molar-refractivity contribution in [2.45, 2.75) is 0 Å². The predicted molar refractivity (Wildman–Crippen MR) is 15.6 cm³/mol. The summed E-state index contributed by atoms with van der Waals surface area (Å²) in [5.41, 5.74) is 0. The van der Waals surface area contributed by atoms with Gasteiger partial charge in [0.1, 0.15) is 0 Å². The van der Waals surface area contributed by atoms with Crippen LogP contribution in [-0.4, -0.2) is 0 Å². The number of halogens is 2. The predicted octanol–water partition coefficient (Wildman–Crippen LogP) is -7.98. The molecule has 0 atom stereocenters. The van der Waals surface area contributed by atoms with Crippen LogP contribution in [0, 0.1) is 6.92 Å². The summed E-state index contributed by atoms with van der Waals surface area (Å²) >= 11 is 0. The van der Waals surface area contributed by atoms with Crippen LogP contribution in [0.5, 0.6) is 0 Å². The Labute approximate surface area is 82.3 Å². The van der Waals surface area contributed by atoms with Crippen molar-refractivity contribution in [2.24, 2.45) is 0 Å². The number of hydrogen-bond donors (Lipinski definition) is 0. The molecule has 0 saturated heterocycles. The second kappa shape index (κ2) is 52.4. The van der Waals surface area contributed by atoms with Crippen LogP contribution < -0.4 is 43.7 Å². The second-order valence-corrected chi connectivity index (χ2v) is 0.289. The first-order valence-corrected chi connectivity index (χ1v) is 0.816. The van der Waals surface area contributed by atoms with Crippen molar-refractivity contribution in [3.05, 3.63) is 19.6 Å². The van der Waals surface area contributed by atoms with Crippen molar-refractivity contribution in [2.75, 3.05) is 0 Å². The standard InChI is InChI=1S/C3H5.2ClH.Li.Zn/c1-3-2;;;;/h3H,1-2H2;2*1H;;/q-1;;;+1;+2/p-2. The Morgan fingerprint density at radius 1 is 1.29 bits per heavy atom. The molecule has 0 rings (SSSR count). The summed E-state index contributed by atoms with van der Waals surface area (Å²) in [7, 11) is 0. The summed E-state index contributed by atoms with van der Waals surface area (Å²) in [5, 5.41) is 0. The summed E-state index contributed by atoms with van der Waals surface area (Å²) < 4.78 is 0. The van der Waals surface area contributed by atoms with Gasteiger partial charge in [-0.3, -0.25) is 0 Å². The molecule has 0 aliphatic heterocycles. The topological polar surface area (TPSA) is 0 Å². The maximum atomic E-state index is 3.25. The van der Waals surface area contributed by atoms with Gasteiger partial charge in [0, 0.05) is 0 Å². The fourth-order valence-corrected chi connectivity index (χ4v) is 0. The minimum absolute atomic E-state index is 0. The van der Waals surface area contributed by atoms with E-state index >= 15 is 0 Å². The van der Waals surface area contributed by atoms with Crippen LogP contribution in [0.2, 0.25) is 0 Å². The maximum absolute atomic E-state index is 3.25. The van der Waals surface area contributed by atoms with E-state index in [2.05, 4.69) is 13.5 Å². The van der Waals surface area contributed by atoms with Gasteiger partial charge in [-0.15, -0.1) is 0 Å². The molecule has 0 aromatic heterocycles. The zero-order valence-corrected chi connectivity index (χ0v) is 8.93. The molecule has 0 bridgehead atoms. The van der Waals surface area contributed by atoms with E-state index in [1.807, 2.05) is 0 Å². The Bertz CT molecular complexity index is 20.4. The van der Waals surface area contributed by atoms with Crippen LogP contribution in [-0.2, 0) is 19.5 Å². The molecule has 0 aliphatic rings. The average Bonchev–Trinajstić information content (AvgIpc) is 0.918. The quantitative estimate of drug-likeness (QED) is 0.259. The van der Waals surface area contributed by atoms with Gasteiger partial charge in [0.25, 0.3) is 0 Å². The van der Waals surface area contributed by atoms with E-state index in [-0.39, 0.29) is 63.2 Å². The van der Waals surface area contributed by atoms with E-state index < -0.39 is 0 Å². The number of rotatable bonds is 0. The van der Waals surface area contributed by atoms with Crippen LogP contribution in [0.4, 0.5) is 0 Å². The Morgan fingerprint density at radius 3 is 1.29 bits per heavy atom. The molecule has 0 N–H and O–H groups in total. The summed E-state index contributed by atoms with van der Waals surface area (Å²) in [6.07, 6.45) is 1.50. The van der Waals surface area contributed by atoms with Crippen molar-refractivity contribution in [3.8, 4) is 0 Å². The van der Waals surface area contributed by atoms with E-state index in [9.17, 15) is 0 Å². The summed E-state index contributed by atoms with van der Waals surface area (Å²) in [5.74, 6) is 0. The van der Waals surface area contributed by atoms with Gasteiger partial charge in [0.2, 0.25) is 0 Å². The third kappa shape index (κ3) is 109. The Hall–Kier alpha value is 1.41. The molecule has 0 amide bonds. The molecular formula is C3H5Cl2LiZn. The van der Waals surface area contributed by atoms with Crippen LogP contribution in [0.3, 0.4) is 0 Å². The van der Waals surface area contributed by atoms with Crippen molar-refractivity contribution in [1.29, 1.82) is 0 Å². The van der Waals surface area contributed by atoms with Gasteiger partial charge in [-0.05, 0) is 0 Å². The fraction of sp³-hybridized carbons (Fsp3) is 0. The van der Waals surface area contributed by atoms with Crippen LogP contribution in [0.25, 0.3) is 0 Å². The van der Waals surface area contributed by atoms with E-state index in [4.69, 9.17) is 0 Å². The van der Waals surface area contributed by atoms with Gasteiger partial charge < -0.3 is 24.8 Å². The van der Waals surface area contributed by atoms with E-state index in [0.29, 0.717) is 0 Å². The molecule has 0 heterocycles. The van der Waals surface area contributed by atoms with Crippen LogP contribution >= 0.6 is 0 Å². The smallest absolute Gasteiger partial charge is 1.00 e. The molecule has 7 heavy (non-hydrogen) atoms. The molecule has 0 spiro atoms. The Kier molecular flexibility index (Phi) is 297. The SMILES string of the molecule is C=C[CH2-].[Cl-].[Cl-].[Li+].[Zn+2]. The minimum Gasteiger partial charge on any atom is -1.00 e. The Balaban J connectivity index is -0.00000000333. The van der Waals surface area contributed by atoms with Crippen molar-refractivity contribution in [1.82, 2.24) is 0 Å². The number of allylic oxidation sites excluding steroid dienone is 1. The molecular weight excluding hydrogens is 179 g/mol. The van der Waals surface area contributed by atoms with Crippen molar-refractivity contribution in [3.63, 3.8) is 0 Å². The van der Waals surface area contributed by atoms with Crippen molar-refractivity contribution < 1.29 is 63.2 Å². The molecule has 0 aliphatic carbocycles. The molecule has 0 unspecified atom stereocenters. The first kappa shape index (κ1) is 39.7. The van der Waals surface area contributed by atoms with Gasteiger partial charge in [-0.25, -0.2) is 19.6 Å². The van der Waals surface area contributed by atoms with E-state index in [0.717, 1.165) is 0 Å². The van der Waals surface area contributed by atoms with Crippen molar-refractivity contribution >= 4 is 0 Å². The fourth-order valence-electron chi connectivity index (χ4n) is 0. The van der Waals surface area contributed by atoms with Crippen LogP contribution in [0.1, 0.15) is 0 Å². The molecule has 34 valence electrons. The monoisotopic (exact) mass is 182 g/mol. The molecule has 0 radical (unpaired) electrons. The van der Waals surface area contributed by atoms with Gasteiger partial charge in [-0.2, -0.15) is 0 Å². The summed E-state index contributed by atoms with van der Waals surface area (Å²) in [6, 6.07) is 0. The average molecular weight is 184 g/mol. The zero-order chi connectivity index (χ0) is 2.71.